The average Bonchev–Trinajstić information content (AvgIpc) is 2.36. The monoisotopic (exact) mass is 254 g/mol. The molecule has 1 heterocycles. The zero-order valence-corrected chi connectivity index (χ0v) is 13.1. The Morgan fingerprint density at radius 3 is 2.44 bits per heavy atom. The van der Waals surface area contributed by atoms with Gasteiger partial charge in [0.2, 0.25) is 0 Å². The van der Waals surface area contributed by atoms with Crippen molar-refractivity contribution in [1.82, 2.24) is 10.2 Å². The van der Waals surface area contributed by atoms with Crippen LogP contribution in [0.4, 0.5) is 0 Å². The van der Waals surface area contributed by atoms with Gasteiger partial charge in [-0.15, -0.1) is 0 Å². The van der Waals surface area contributed by atoms with Crippen molar-refractivity contribution in [2.24, 2.45) is 5.41 Å². The van der Waals surface area contributed by atoms with Crippen molar-refractivity contribution in [3.8, 4) is 0 Å². The fraction of sp³-hybridized carbons (Fsp3) is 1.00. The highest BCUT2D eigenvalue weighted by atomic mass is 15.1. The second-order valence-electron chi connectivity index (χ2n) is 6.75. The Bertz CT molecular complexity index is 207. The van der Waals surface area contributed by atoms with Crippen molar-refractivity contribution in [1.29, 1.82) is 0 Å². The first-order valence-electron chi connectivity index (χ1n) is 7.98. The Kier molecular flexibility index (Phi) is 7.25. The topological polar surface area (TPSA) is 15.3 Å². The van der Waals surface area contributed by atoms with E-state index in [1.165, 1.54) is 64.6 Å². The fourth-order valence-electron chi connectivity index (χ4n) is 2.74. The van der Waals surface area contributed by atoms with E-state index in [0.29, 0.717) is 11.5 Å². The predicted molar refractivity (Wildman–Crippen MR) is 81.1 cm³/mol. The highest BCUT2D eigenvalue weighted by Gasteiger charge is 2.28. The Balaban J connectivity index is 2.11. The molecular weight excluding hydrogens is 220 g/mol. The molecule has 2 nitrogen and oxygen atoms in total. The lowest BCUT2D eigenvalue weighted by molar-refractivity contribution is 0.133. The summed E-state index contributed by atoms with van der Waals surface area (Å²) in [7, 11) is 2.24. The van der Waals surface area contributed by atoms with Crippen LogP contribution in [0.2, 0.25) is 0 Å². The van der Waals surface area contributed by atoms with Crippen LogP contribution in [0.1, 0.15) is 65.7 Å². The second kappa shape index (κ2) is 8.16. The molecule has 0 aliphatic carbocycles. The Morgan fingerprint density at radius 2 is 1.83 bits per heavy atom. The smallest absolute Gasteiger partial charge is 0.00389 e. The Morgan fingerprint density at radius 1 is 1.17 bits per heavy atom. The van der Waals surface area contributed by atoms with Crippen molar-refractivity contribution in [3.63, 3.8) is 0 Å². The summed E-state index contributed by atoms with van der Waals surface area (Å²) in [5, 5.41) is 3.77. The molecule has 0 bridgehead atoms. The molecule has 1 N–H and O–H groups in total. The predicted octanol–water partition coefficient (Wildman–Crippen LogP) is 3.67. The number of likely N-dealkylation sites (tertiary alicyclic amines) is 1. The van der Waals surface area contributed by atoms with Crippen LogP contribution >= 0.6 is 0 Å². The number of hydrogen-bond donors (Lipinski definition) is 1. The van der Waals surface area contributed by atoms with Crippen LogP contribution in [0.25, 0.3) is 0 Å². The number of piperidine rings is 1. The molecule has 0 amide bonds. The van der Waals surface area contributed by atoms with Gasteiger partial charge in [0.25, 0.3) is 0 Å². The third-order valence-electron chi connectivity index (χ3n) is 4.56. The third-order valence-corrected chi connectivity index (χ3v) is 4.56. The van der Waals surface area contributed by atoms with E-state index >= 15 is 0 Å². The molecule has 0 spiro atoms. The molecule has 1 saturated heterocycles. The summed E-state index contributed by atoms with van der Waals surface area (Å²) in [6.45, 7) is 10.8. The van der Waals surface area contributed by atoms with Crippen LogP contribution in [-0.2, 0) is 0 Å². The van der Waals surface area contributed by atoms with Crippen LogP contribution in [-0.4, -0.2) is 37.6 Å². The van der Waals surface area contributed by atoms with E-state index in [1.54, 1.807) is 0 Å². The molecule has 108 valence electrons. The van der Waals surface area contributed by atoms with E-state index < -0.39 is 0 Å². The van der Waals surface area contributed by atoms with Gasteiger partial charge < -0.3 is 10.2 Å². The first-order chi connectivity index (χ1) is 8.56. The number of unbranched alkanes of at least 4 members (excludes halogenated alkanes) is 3. The quantitative estimate of drug-likeness (QED) is 0.665. The molecule has 0 radical (unpaired) electrons. The maximum Gasteiger partial charge on any atom is 0.00389 e. The van der Waals surface area contributed by atoms with Crippen molar-refractivity contribution in [2.75, 3.05) is 26.7 Å². The number of rotatable bonds is 8. The summed E-state index contributed by atoms with van der Waals surface area (Å²) >= 11 is 0. The lowest BCUT2D eigenvalue weighted by Crippen LogP contribution is -2.44. The summed E-state index contributed by atoms with van der Waals surface area (Å²) in [6.07, 6.45) is 9.57. The molecular formula is C16H34N2. The van der Waals surface area contributed by atoms with E-state index in [2.05, 4.69) is 38.0 Å². The lowest BCUT2D eigenvalue weighted by Gasteiger charge is -2.38. The fourth-order valence-corrected chi connectivity index (χ4v) is 2.74. The van der Waals surface area contributed by atoms with E-state index in [-0.39, 0.29) is 0 Å². The van der Waals surface area contributed by atoms with Gasteiger partial charge in [-0.25, -0.2) is 0 Å². The molecule has 0 aromatic carbocycles. The van der Waals surface area contributed by atoms with Gasteiger partial charge in [-0.05, 0) is 51.7 Å². The van der Waals surface area contributed by atoms with Gasteiger partial charge in [-0.2, -0.15) is 0 Å². The maximum absolute atomic E-state index is 3.77. The van der Waals surface area contributed by atoms with Gasteiger partial charge >= 0.3 is 0 Å². The Hall–Kier alpha value is -0.0800. The highest BCUT2D eigenvalue weighted by molar-refractivity contribution is 4.84. The molecule has 0 aromatic rings. The van der Waals surface area contributed by atoms with Gasteiger partial charge in [0, 0.05) is 12.6 Å². The maximum atomic E-state index is 3.77. The molecule has 1 aliphatic heterocycles. The molecule has 2 heteroatoms. The van der Waals surface area contributed by atoms with Gasteiger partial charge in [0.15, 0.2) is 0 Å². The minimum absolute atomic E-state index is 0.532. The first-order valence-corrected chi connectivity index (χ1v) is 7.98. The number of nitrogens with one attached hydrogen (secondary N) is 1. The van der Waals surface area contributed by atoms with E-state index in [0.717, 1.165) is 0 Å². The van der Waals surface area contributed by atoms with Crippen LogP contribution < -0.4 is 5.32 Å². The SMILES string of the molecule is CCCCCCC(C)NCC1(C)CCN(C)CC1. The minimum Gasteiger partial charge on any atom is -0.314 e. The average molecular weight is 254 g/mol. The molecule has 1 unspecified atom stereocenters. The standard InChI is InChI=1S/C16H34N2/c1-5-6-7-8-9-15(2)17-14-16(3)10-12-18(4)13-11-16/h15,17H,5-14H2,1-4H3. The molecule has 1 rings (SSSR count). The molecule has 18 heavy (non-hydrogen) atoms. The molecule has 1 atom stereocenters. The van der Waals surface area contributed by atoms with Crippen molar-refractivity contribution in [2.45, 2.75) is 71.8 Å². The van der Waals surface area contributed by atoms with Gasteiger partial charge in [-0.3, -0.25) is 0 Å². The van der Waals surface area contributed by atoms with Crippen molar-refractivity contribution >= 4 is 0 Å². The summed E-state index contributed by atoms with van der Waals surface area (Å²) in [5.41, 5.74) is 0.532. The van der Waals surface area contributed by atoms with Gasteiger partial charge in [0.1, 0.15) is 0 Å². The summed E-state index contributed by atoms with van der Waals surface area (Å²) in [6, 6.07) is 0.693. The Labute approximate surface area is 115 Å². The molecule has 0 saturated carbocycles. The van der Waals surface area contributed by atoms with Gasteiger partial charge in [-0.1, -0.05) is 39.5 Å². The molecule has 1 aliphatic rings. The van der Waals surface area contributed by atoms with Crippen LogP contribution in [0.3, 0.4) is 0 Å². The largest absolute Gasteiger partial charge is 0.314 e. The molecule has 0 aromatic heterocycles. The van der Waals surface area contributed by atoms with Crippen LogP contribution in [0, 0.1) is 5.41 Å². The van der Waals surface area contributed by atoms with Gasteiger partial charge in [0.05, 0.1) is 0 Å². The summed E-state index contributed by atoms with van der Waals surface area (Å²) in [5.74, 6) is 0. The number of hydrogen-bond acceptors (Lipinski definition) is 2. The van der Waals surface area contributed by atoms with E-state index in [9.17, 15) is 0 Å². The van der Waals surface area contributed by atoms with Crippen molar-refractivity contribution < 1.29 is 0 Å². The van der Waals surface area contributed by atoms with Crippen molar-refractivity contribution in [3.05, 3.63) is 0 Å². The zero-order chi connectivity index (χ0) is 13.4. The van der Waals surface area contributed by atoms with E-state index in [4.69, 9.17) is 0 Å². The first kappa shape index (κ1) is 16.0. The normalized spacial score (nSPS) is 22.0. The van der Waals surface area contributed by atoms with Crippen LogP contribution in [0.5, 0.6) is 0 Å². The van der Waals surface area contributed by atoms with E-state index in [1.807, 2.05) is 0 Å². The lowest BCUT2D eigenvalue weighted by atomic mass is 9.80. The minimum atomic E-state index is 0.532. The molecule has 1 fully saturated rings. The highest BCUT2D eigenvalue weighted by Crippen LogP contribution is 2.29. The number of nitrogens with zero attached hydrogens (tertiary/aromatic N) is 1. The third kappa shape index (κ3) is 6.19. The zero-order valence-electron chi connectivity index (χ0n) is 13.1. The second-order valence-corrected chi connectivity index (χ2v) is 6.75. The summed E-state index contributed by atoms with van der Waals surface area (Å²) in [4.78, 5) is 2.45. The van der Waals surface area contributed by atoms with Crippen LogP contribution in [0.15, 0.2) is 0 Å². The summed E-state index contributed by atoms with van der Waals surface area (Å²) < 4.78 is 0.